The summed E-state index contributed by atoms with van der Waals surface area (Å²) in [4.78, 5) is 25.5. The quantitative estimate of drug-likeness (QED) is 0.257. The minimum Gasteiger partial charge on any atom is -0.451 e. The number of nitrogens with zero attached hydrogens (tertiary/aromatic N) is 2. The molecule has 0 aliphatic carbocycles. The number of carbonyl (C=O) groups excluding carboxylic acids is 2. The van der Waals surface area contributed by atoms with Crippen molar-refractivity contribution >= 4 is 33.4 Å². The molecule has 2 N–H and O–H groups in total. The van der Waals surface area contributed by atoms with Gasteiger partial charge in [-0.2, -0.15) is 4.31 Å². The Morgan fingerprint density at radius 1 is 1.11 bits per heavy atom. The van der Waals surface area contributed by atoms with E-state index in [1.165, 1.54) is 34.6 Å². The number of hydroxylamine groups is 1. The number of sulfonamides is 1. The third kappa shape index (κ3) is 6.95. The van der Waals surface area contributed by atoms with Gasteiger partial charge in [0.2, 0.25) is 15.9 Å². The summed E-state index contributed by atoms with van der Waals surface area (Å²) in [5, 5.41) is 9.56. The molecule has 0 unspecified atom stereocenters. The van der Waals surface area contributed by atoms with Crippen LogP contribution < -0.4 is 10.2 Å². The van der Waals surface area contributed by atoms with Gasteiger partial charge in [0.25, 0.3) is 5.91 Å². The van der Waals surface area contributed by atoms with Crippen molar-refractivity contribution in [3.63, 3.8) is 0 Å². The maximum absolute atomic E-state index is 14.8. The van der Waals surface area contributed by atoms with E-state index in [1.807, 2.05) is 6.92 Å². The monoisotopic (exact) mass is 559 g/mol. The van der Waals surface area contributed by atoms with Crippen molar-refractivity contribution in [3.8, 4) is 11.5 Å². The van der Waals surface area contributed by atoms with Crippen molar-refractivity contribution in [1.82, 2.24) is 14.7 Å². The van der Waals surface area contributed by atoms with Gasteiger partial charge < -0.3 is 9.64 Å². The molecule has 2 amide bonds. The minimum atomic E-state index is -4.61. The van der Waals surface area contributed by atoms with E-state index in [0.29, 0.717) is 27.9 Å². The average molecular weight is 560 g/mol. The number of nitrogens with one attached hydrogen (secondary N) is 1. The molecular weight excluding hydrogens is 532 g/mol. The zero-order valence-corrected chi connectivity index (χ0v) is 21.7. The number of benzene rings is 2. The van der Waals surface area contributed by atoms with Crippen LogP contribution in [0.25, 0.3) is 0 Å². The van der Waals surface area contributed by atoms with Crippen LogP contribution in [0.3, 0.4) is 0 Å². The molecule has 1 aliphatic rings. The molecule has 0 saturated carbocycles. The van der Waals surface area contributed by atoms with Gasteiger partial charge in [0.1, 0.15) is 11.8 Å². The molecule has 0 spiro atoms. The van der Waals surface area contributed by atoms with Gasteiger partial charge in [0.05, 0.1) is 4.90 Å². The smallest absolute Gasteiger partial charge is 0.263 e. The predicted octanol–water partition coefficient (Wildman–Crippen LogP) is 4.09. The lowest BCUT2D eigenvalue weighted by atomic mass is 10.1. The maximum Gasteiger partial charge on any atom is 0.263 e. The molecule has 0 aromatic heterocycles. The normalized spacial score (nSPS) is 16.5. The third-order valence-corrected chi connectivity index (χ3v) is 8.09. The zero-order chi connectivity index (χ0) is 27.2. The summed E-state index contributed by atoms with van der Waals surface area (Å²) in [5.74, 6) is -4.62. The Morgan fingerprint density at radius 2 is 1.76 bits per heavy atom. The highest BCUT2D eigenvalue weighted by atomic mass is 35.5. The van der Waals surface area contributed by atoms with Crippen LogP contribution in [0.1, 0.15) is 39.0 Å². The van der Waals surface area contributed by atoms with Gasteiger partial charge in [0, 0.05) is 31.1 Å². The Labute approximate surface area is 219 Å². The molecule has 0 radical (unpaired) electrons. The largest absolute Gasteiger partial charge is 0.451 e. The Morgan fingerprint density at radius 3 is 2.35 bits per heavy atom. The van der Waals surface area contributed by atoms with Gasteiger partial charge in [0.15, 0.2) is 17.4 Å². The molecule has 1 fully saturated rings. The molecule has 0 bridgehead atoms. The molecule has 1 saturated heterocycles. The van der Waals surface area contributed by atoms with E-state index < -0.39 is 44.3 Å². The van der Waals surface area contributed by atoms with E-state index in [-0.39, 0.29) is 37.7 Å². The number of amides is 2. The number of hydrogen-bond donors (Lipinski definition) is 2. The zero-order valence-electron chi connectivity index (χ0n) is 20.1. The van der Waals surface area contributed by atoms with Gasteiger partial charge >= 0.3 is 0 Å². The molecule has 37 heavy (non-hydrogen) atoms. The number of unbranched alkanes of at least 4 members (excludes halogenated alkanes) is 3. The summed E-state index contributed by atoms with van der Waals surface area (Å²) in [6.45, 7) is 1.38. The highest BCUT2D eigenvalue weighted by Crippen LogP contribution is 2.32. The van der Waals surface area contributed by atoms with Gasteiger partial charge in [-0.25, -0.2) is 22.7 Å². The second kappa shape index (κ2) is 12.6. The Kier molecular flexibility index (Phi) is 9.82. The molecule has 1 atom stereocenters. The number of piperazine rings is 1. The van der Waals surface area contributed by atoms with E-state index in [9.17, 15) is 32.0 Å². The van der Waals surface area contributed by atoms with Crippen LogP contribution in [-0.2, 0) is 19.6 Å². The van der Waals surface area contributed by atoms with Gasteiger partial charge in [-0.3, -0.25) is 14.8 Å². The average Bonchev–Trinajstić information content (AvgIpc) is 2.88. The van der Waals surface area contributed by atoms with E-state index in [1.54, 1.807) is 0 Å². The Hall–Kier alpha value is -2.80. The van der Waals surface area contributed by atoms with Crippen molar-refractivity contribution in [1.29, 1.82) is 0 Å². The first kappa shape index (κ1) is 28.8. The lowest BCUT2D eigenvalue weighted by Gasteiger charge is -2.39. The van der Waals surface area contributed by atoms with Crippen molar-refractivity contribution in [3.05, 3.63) is 53.1 Å². The standard InChI is InChI=1S/C24H28ClF2N3O6S/c1-2-3-4-5-6-22(31)29-11-12-30(21(15-29)24(32)28-33)37(34,35)18-13-19(26)23(20(27)14-18)36-17-9-7-16(25)8-10-17/h7-10,13-14,21,33H,2-6,11-12,15H2,1H3,(H,28,32)/t21-/m1/s1. The molecule has 9 nitrogen and oxygen atoms in total. The molecule has 2 aromatic rings. The van der Waals surface area contributed by atoms with Gasteiger partial charge in [-0.1, -0.05) is 37.8 Å². The Balaban J connectivity index is 1.82. The summed E-state index contributed by atoms with van der Waals surface area (Å²) >= 11 is 5.79. The number of ether oxygens (including phenoxy) is 1. The first-order chi connectivity index (χ1) is 17.6. The lowest BCUT2D eigenvalue weighted by molar-refractivity contribution is -0.139. The fraction of sp³-hybridized carbons (Fsp3) is 0.417. The molecule has 13 heteroatoms. The lowest BCUT2D eigenvalue weighted by Crippen LogP contribution is -2.61. The first-order valence-electron chi connectivity index (χ1n) is 11.7. The number of hydrogen-bond acceptors (Lipinski definition) is 6. The van der Waals surface area contributed by atoms with E-state index >= 15 is 0 Å². The van der Waals surface area contributed by atoms with Crippen LogP contribution >= 0.6 is 11.6 Å². The van der Waals surface area contributed by atoms with Crippen LogP contribution in [0.4, 0.5) is 8.78 Å². The van der Waals surface area contributed by atoms with E-state index in [0.717, 1.165) is 19.3 Å². The minimum absolute atomic E-state index is 0.0240. The number of carbonyl (C=O) groups is 2. The van der Waals surface area contributed by atoms with E-state index in [2.05, 4.69) is 0 Å². The van der Waals surface area contributed by atoms with Gasteiger partial charge in [-0.15, -0.1) is 0 Å². The summed E-state index contributed by atoms with van der Waals surface area (Å²) in [6.07, 6.45) is 3.74. The van der Waals surface area contributed by atoms with Gasteiger partial charge in [-0.05, 0) is 42.8 Å². The number of rotatable bonds is 10. The molecular formula is C24H28ClF2N3O6S. The predicted molar refractivity (Wildman–Crippen MR) is 131 cm³/mol. The summed E-state index contributed by atoms with van der Waals surface area (Å²) in [7, 11) is -4.61. The maximum atomic E-state index is 14.8. The van der Waals surface area contributed by atoms with Crippen LogP contribution in [0.15, 0.2) is 41.3 Å². The molecule has 2 aromatic carbocycles. The Bertz CT molecular complexity index is 1210. The summed E-state index contributed by atoms with van der Waals surface area (Å²) in [6, 6.07) is 5.34. The van der Waals surface area contributed by atoms with Crippen molar-refractivity contribution < 1.29 is 36.7 Å². The van der Waals surface area contributed by atoms with Crippen LogP contribution in [0, 0.1) is 11.6 Å². The van der Waals surface area contributed by atoms with Crippen LogP contribution in [0.5, 0.6) is 11.5 Å². The van der Waals surface area contributed by atoms with Crippen molar-refractivity contribution in [2.24, 2.45) is 0 Å². The fourth-order valence-corrected chi connectivity index (χ4v) is 5.69. The molecule has 1 heterocycles. The highest BCUT2D eigenvalue weighted by molar-refractivity contribution is 7.89. The second-order valence-electron chi connectivity index (χ2n) is 8.53. The summed E-state index contributed by atoms with van der Waals surface area (Å²) in [5.41, 5.74) is 1.41. The summed E-state index contributed by atoms with van der Waals surface area (Å²) < 4.78 is 62.2. The number of halogens is 3. The van der Waals surface area contributed by atoms with Crippen LogP contribution in [0.2, 0.25) is 5.02 Å². The third-order valence-electron chi connectivity index (χ3n) is 5.95. The van der Waals surface area contributed by atoms with Crippen molar-refractivity contribution in [2.75, 3.05) is 19.6 Å². The first-order valence-corrected chi connectivity index (χ1v) is 13.6. The molecule has 202 valence electrons. The SMILES string of the molecule is CCCCCCC(=O)N1CCN(S(=O)(=O)c2cc(F)c(Oc3ccc(Cl)cc3)c(F)c2)[C@@H](C(=O)NO)C1. The molecule has 1 aliphatic heterocycles. The highest BCUT2D eigenvalue weighted by Gasteiger charge is 2.41. The van der Waals surface area contributed by atoms with Crippen LogP contribution in [-0.4, -0.2) is 60.3 Å². The second-order valence-corrected chi connectivity index (χ2v) is 10.9. The molecule has 3 rings (SSSR count). The van der Waals surface area contributed by atoms with Crippen molar-refractivity contribution in [2.45, 2.75) is 50.0 Å². The fourth-order valence-electron chi connectivity index (χ4n) is 3.97. The van der Waals surface area contributed by atoms with E-state index in [4.69, 9.17) is 16.3 Å². The topological polar surface area (TPSA) is 116 Å².